The molecule has 5 heteroatoms. The Labute approximate surface area is 157 Å². The predicted molar refractivity (Wildman–Crippen MR) is 104 cm³/mol. The molecule has 134 valence electrons. The maximum atomic E-state index is 11.9. The van der Waals surface area contributed by atoms with Gasteiger partial charge >= 0.3 is 0 Å². The second-order valence-electron chi connectivity index (χ2n) is 6.13. The molecule has 0 aliphatic carbocycles. The highest BCUT2D eigenvalue weighted by Gasteiger charge is 2.06. The fraction of sp³-hybridized carbons (Fsp3) is 0.350. The Kier molecular flexibility index (Phi) is 6.88. The minimum atomic E-state index is -0.164. The van der Waals surface area contributed by atoms with Crippen molar-refractivity contribution in [2.45, 2.75) is 27.7 Å². The number of hydrogen-bond donors (Lipinski definition) is 1. The van der Waals surface area contributed by atoms with Gasteiger partial charge in [0.15, 0.2) is 6.61 Å². The number of halogens is 1. The SMILES string of the molecule is Cc1ccc(OCCNC(=O)COc2cc(C)c(Br)c(C)c2)c(C)c1. The van der Waals surface area contributed by atoms with E-state index in [0.29, 0.717) is 18.9 Å². The molecular weight excluding hydrogens is 382 g/mol. The zero-order valence-electron chi connectivity index (χ0n) is 15.1. The number of nitrogens with one attached hydrogen (secondary N) is 1. The minimum Gasteiger partial charge on any atom is -0.491 e. The van der Waals surface area contributed by atoms with Crippen LogP contribution in [0.1, 0.15) is 22.3 Å². The van der Waals surface area contributed by atoms with Crippen LogP contribution < -0.4 is 14.8 Å². The molecule has 0 unspecified atom stereocenters. The molecular formula is C20H24BrNO3. The second kappa shape index (κ2) is 8.90. The lowest BCUT2D eigenvalue weighted by Crippen LogP contribution is -2.32. The van der Waals surface area contributed by atoms with Crippen molar-refractivity contribution in [1.29, 1.82) is 0 Å². The fourth-order valence-corrected chi connectivity index (χ4v) is 2.73. The van der Waals surface area contributed by atoms with Gasteiger partial charge in [0, 0.05) is 4.47 Å². The van der Waals surface area contributed by atoms with Crippen molar-refractivity contribution in [3.63, 3.8) is 0 Å². The van der Waals surface area contributed by atoms with E-state index in [1.807, 2.05) is 52.0 Å². The third kappa shape index (κ3) is 5.78. The Balaban J connectivity index is 1.72. The summed E-state index contributed by atoms with van der Waals surface area (Å²) in [5.41, 5.74) is 4.46. The maximum absolute atomic E-state index is 11.9. The Morgan fingerprint density at radius 2 is 1.68 bits per heavy atom. The normalized spacial score (nSPS) is 10.4. The molecule has 2 rings (SSSR count). The average molecular weight is 406 g/mol. The lowest BCUT2D eigenvalue weighted by Gasteiger charge is -2.12. The van der Waals surface area contributed by atoms with E-state index in [1.54, 1.807) is 0 Å². The van der Waals surface area contributed by atoms with Crippen molar-refractivity contribution in [3.8, 4) is 11.5 Å². The number of ether oxygens (including phenoxy) is 2. The number of rotatable bonds is 7. The van der Waals surface area contributed by atoms with Gasteiger partial charge in [0.1, 0.15) is 18.1 Å². The second-order valence-corrected chi connectivity index (χ2v) is 6.92. The molecule has 0 bridgehead atoms. The molecule has 4 nitrogen and oxygen atoms in total. The highest BCUT2D eigenvalue weighted by atomic mass is 79.9. The number of aryl methyl sites for hydroxylation is 4. The van der Waals surface area contributed by atoms with Gasteiger partial charge in [-0.2, -0.15) is 0 Å². The summed E-state index contributed by atoms with van der Waals surface area (Å²) in [6, 6.07) is 9.86. The van der Waals surface area contributed by atoms with E-state index in [-0.39, 0.29) is 12.5 Å². The Morgan fingerprint density at radius 1 is 1.00 bits per heavy atom. The predicted octanol–water partition coefficient (Wildman–Crippen LogP) is 4.26. The first kappa shape index (κ1) is 19.3. The molecule has 25 heavy (non-hydrogen) atoms. The van der Waals surface area contributed by atoms with E-state index in [2.05, 4.69) is 27.3 Å². The smallest absolute Gasteiger partial charge is 0.258 e. The van der Waals surface area contributed by atoms with Crippen LogP contribution in [0.4, 0.5) is 0 Å². The first-order chi connectivity index (χ1) is 11.9. The number of amides is 1. The van der Waals surface area contributed by atoms with Crippen LogP contribution in [-0.4, -0.2) is 25.7 Å². The number of carbonyl (C=O) groups is 1. The highest BCUT2D eigenvalue weighted by Crippen LogP contribution is 2.26. The van der Waals surface area contributed by atoms with Crippen LogP contribution in [-0.2, 0) is 4.79 Å². The highest BCUT2D eigenvalue weighted by molar-refractivity contribution is 9.10. The zero-order valence-corrected chi connectivity index (χ0v) is 16.7. The van der Waals surface area contributed by atoms with Crippen molar-refractivity contribution in [2.75, 3.05) is 19.8 Å². The molecule has 0 aromatic heterocycles. The molecule has 0 aliphatic rings. The largest absolute Gasteiger partial charge is 0.491 e. The van der Waals surface area contributed by atoms with Crippen LogP contribution in [0.25, 0.3) is 0 Å². The van der Waals surface area contributed by atoms with E-state index in [0.717, 1.165) is 26.9 Å². The molecule has 0 fully saturated rings. The van der Waals surface area contributed by atoms with Crippen molar-refractivity contribution >= 4 is 21.8 Å². The third-order valence-electron chi connectivity index (χ3n) is 3.79. The van der Waals surface area contributed by atoms with Crippen molar-refractivity contribution in [2.24, 2.45) is 0 Å². The lowest BCUT2D eigenvalue weighted by molar-refractivity contribution is -0.123. The van der Waals surface area contributed by atoms with Gasteiger partial charge in [0.05, 0.1) is 6.54 Å². The van der Waals surface area contributed by atoms with Crippen LogP contribution in [0.5, 0.6) is 11.5 Å². The van der Waals surface area contributed by atoms with E-state index < -0.39 is 0 Å². The summed E-state index contributed by atoms with van der Waals surface area (Å²) in [7, 11) is 0. The molecule has 0 heterocycles. The van der Waals surface area contributed by atoms with Crippen molar-refractivity contribution < 1.29 is 14.3 Å². The quantitative estimate of drug-likeness (QED) is 0.700. The molecule has 0 saturated carbocycles. The average Bonchev–Trinajstić information content (AvgIpc) is 2.56. The summed E-state index contributed by atoms with van der Waals surface area (Å²) in [6.07, 6.45) is 0. The fourth-order valence-electron chi connectivity index (χ4n) is 2.50. The lowest BCUT2D eigenvalue weighted by atomic mass is 10.1. The summed E-state index contributed by atoms with van der Waals surface area (Å²) in [6.45, 7) is 8.90. The number of carbonyl (C=O) groups excluding carboxylic acids is 1. The third-order valence-corrected chi connectivity index (χ3v) is 5.04. The monoisotopic (exact) mass is 405 g/mol. The summed E-state index contributed by atoms with van der Waals surface area (Å²) in [5.74, 6) is 1.37. The minimum absolute atomic E-state index is 0.00985. The van der Waals surface area contributed by atoms with Crippen LogP contribution in [0.3, 0.4) is 0 Å². The zero-order chi connectivity index (χ0) is 18.4. The van der Waals surface area contributed by atoms with Crippen LogP contribution in [0.15, 0.2) is 34.8 Å². The molecule has 0 radical (unpaired) electrons. The summed E-state index contributed by atoms with van der Waals surface area (Å²) < 4.78 is 12.3. The van der Waals surface area contributed by atoms with Gasteiger partial charge in [-0.05, 0) is 62.6 Å². The molecule has 2 aromatic rings. The van der Waals surface area contributed by atoms with Gasteiger partial charge in [0.25, 0.3) is 5.91 Å². The van der Waals surface area contributed by atoms with E-state index in [4.69, 9.17) is 9.47 Å². The van der Waals surface area contributed by atoms with Crippen molar-refractivity contribution in [3.05, 3.63) is 57.1 Å². The topological polar surface area (TPSA) is 47.6 Å². The maximum Gasteiger partial charge on any atom is 0.258 e. The number of hydrogen-bond acceptors (Lipinski definition) is 3. The summed E-state index contributed by atoms with van der Waals surface area (Å²) in [5, 5.41) is 2.80. The van der Waals surface area contributed by atoms with Gasteiger partial charge in [-0.25, -0.2) is 0 Å². The summed E-state index contributed by atoms with van der Waals surface area (Å²) in [4.78, 5) is 11.9. The van der Waals surface area contributed by atoms with E-state index in [1.165, 1.54) is 5.56 Å². The van der Waals surface area contributed by atoms with Crippen LogP contribution in [0, 0.1) is 27.7 Å². The molecule has 2 aromatic carbocycles. The first-order valence-electron chi connectivity index (χ1n) is 8.23. The van der Waals surface area contributed by atoms with Gasteiger partial charge in [-0.3, -0.25) is 4.79 Å². The van der Waals surface area contributed by atoms with Gasteiger partial charge < -0.3 is 14.8 Å². The van der Waals surface area contributed by atoms with Crippen molar-refractivity contribution in [1.82, 2.24) is 5.32 Å². The molecule has 1 N–H and O–H groups in total. The van der Waals surface area contributed by atoms with Crippen LogP contribution in [0.2, 0.25) is 0 Å². The molecule has 0 aliphatic heterocycles. The van der Waals surface area contributed by atoms with E-state index in [9.17, 15) is 4.79 Å². The van der Waals surface area contributed by atoms with Gasteiger partial charge in [-0.1, -0.05) is 33.6 Å². The number of benzene rings is 2. The molecule has 1 amide bonds. The Morgan fingerprint density at radius 3 is 2.32 bits per heavy atom. The standard InChI is InChI=1S/C20H24BrNO3/c1-13-5-6-18(14(2)9-13)24-8-7-22-19(23)12-25-17-10-15(3)20(21)16(4)11-17/h5-6,9-11H,7-8,12H2,1-4H3,(H,22,23). The Hall–Kier alpha value is -2.01. The molecule has 0 atom stereocenters. The Bertz CT molecular complexity index is 736. The van der Waals surface area contributed by atoms with Gasteiger partial charge in [0.2, 0.25) is 0 Å². The first-order valence-corrected chi connectivity index (χ1v) is 9.02. The van der Waals surface area contributed by atoms with Gasteiger partial charge in [-0.15, -0.1) is 0 Å². The summed E-state index contributed by atoms with van der Waals surface area (Å²) >= 11 is 3.51. The van der Waals surface area contributed by atoms with Crippen LogP contribution >= 0.6 is 15.9 Å². The molecule has 0 saturated heterocycles. The van der Waals surface area contributed by atoms with E-state index >= 15 is 0 Å². The molecule has 0 spiro atoms.